The topological polar surface area (TPSA) is 58.6 Å². The lowest BCUT2D eigenvalue weighted by Crippen LogP contribution is -2.31. The van der Waals surface area contributed by atoms with Gasteiger partial charge in [-0.15, -0.1) is 0 Å². The van der Waals surface area contributed by atoms with Crippen molar-refractivity contribution < 1.29 is 19.0 Å². The molecule has 0 fully saturated rings. The minimum Gasteiger partial charge on any atom is -0.484 e. The van der Waals surface area contributed by atoms with Crippen molar-refractivity contribution in [2.45, 2.75) is 0 Å². The number of nitrogens with one attached hydrogen (secondary N) is 1. The highest BCUT2D eigenvalue weighted by molar-refractivity contribution is 6.30. The number of hydrogen-bond acceptors (Lipinski definition) is 3. The Morgan fingerprint density at radius 3 is 2.94 bits per heavy atom. The van der Waals surface area contributed by atoms with E-state index in [0.29, 0.717) is 5.75 Å². The molecule has 0 saturated carbocycles. The first-order valence-corrected chi connectivity index (χ1v) is 4.96. The highest BCUT2D eigenvalue weighted by Gasteiger charge is 2.04. The Morgan fingerprint density at radius 1 is 1.56 bits per heavy atom. The van der Waals surface area contributed by atoms with Gasteiger partial charge in [-0.2, -0.15) is 0 Å². The van der Waals surface area contributed by atoms with Crippen molar-refractivity contribution in [1.29, 1.82) is 0 Å². The summed E-state index contributed by atoms with van der Waals surface area (Å²) in [5.41, 5.74) is 0. The number of carbonyl (C=O) groups excluding carboxylic acids is 1. The molecule has 0 heterocycles. The number of amides is 1. The predicted octanol–water partition coefficient (Wildman–Crippen LogP) is 0.966. The smallest absolute Gasteiger partial charge is 0.258 e. The van der Waals surface area contributed by atoms with Crippen LogP contribution in [0.4, 0.5) is 4.39 Å². The molecule has 1 aromatic rings. The van der Waals surface area contributed by atoms with Crippen LogP contribution in [0.5, 0.6) is 5.75 Å². The van der Waals surface area contributed by atoms with Crippen LogP contribution in [-0.2, 0) is 4.79 Å². The molecule has 0 spiro atoms. The van der Waals surface area contributed by atoms with Crippen molar-refractivity contribution >= 4 is 17.5 Å². The molecule has 0 atom stereocenters. The maximum Gasteiger partial charge on any atom is 0.258 e. The van der Waals surface area contributed by atoms with Gasteiger partial charge in [0.2, 0.25) is 0 Å². The largest absolute Gasteiger partial charge is 0.484 e. The zero-order valence-electron chi connectivity index (χ0n) is 8.37. The maximum atomic E-state index is 12.8. The average Bonchev–Trinajstić information content (AvgIpc) is 2.28. The molecule has 16 heavy (non-hydrogen) atoms. The number of benzene rings is 1. The summed E-state index contributed by atoms with van der Waals surface area (Å²) >= 11 is 5.52. The number of aliphatic hydroxyl groups excluding tert-OH is 1. The van der Waals surface area contributed by atoms with Crippen LogP contribution in [0.1, 0.15) is 0 Å². The molecule has 1 rings (SSSR count). The first kappa shape index (κ1) is 12.7. The second-order valence-electron chi connectivity index (χ2n) is 2.94. The third kappa shape index (κ3) is 4.04. The fourth-order valence-corrected chi connectivity index (χ4v) is 1.13. The van der Waals surface area contributed by atoms with E-state index in [2.05, 4.69) is 5.32 Å². The molecule has 4 nitrogen and oxygen atoms in total. The Kier molecular flexibility index (Phi) is 5.01. The third-order valence-electron chi connectivity index (χ3n) is 1.69. The van der Waals surface area contributed by atoms with Gasteiger partial charge in [0.05, 0.1) is 11.6 Å². The molecule has 0 unspecified atom stereocenters. The van der Waals surface area contributed by atoms with E-state index in [1.54, 1.807) is 0 Å². The Balaban J connectivity index is 2.42. The van der Waals surface area contributed by atoms with Gasteiger partial charge in [0.25, 0.3) is 5.91 Å². The molecule has 1 amide bonds. The standard InChI is InChI=1S/C10H11ClFNO3/c11-8-5-7(1-2-9(8)12)16-6-10(15)13-3-4-14/h1-2,5,14H,3-4,6H2,(H,13,15). The third-order valence-corrected chi connectivity index (χ3v) is 1.98. The van der Waals surface area contributed by atoms with E-state index in [-0.39, 0.29) is 30.7 Å². The maximum absolute atomic E-state index is 12.8. The minimum atomic E-state index is -0.543. The van der Waals surface area contributed by atoms with E-state index in [9.17, 15) is 9.18 Å². The lowest BCUT2D eigenvalue weighted by Gasteiger charge is -2.06. The molecule has 0 radical (unpaired) electrons. The number of halogens is 2. The van der Waals surface area contributed by atoms with Crippen molar-refractivity contribution in [2.75, 3.05) is 19.8 Å². The van der Waals surface area contributed by atoms with E-state index in [0.717, 1.165) is 6.07 Å². The summed E-state index contributed by atoms with van der Waals surface area (Å²) in [5, 5.41) is 10.8. The van der Waals surface area contributed by atoms with Gasteiger partial charge in [-0.25, -0.2) is 4.39 Å². The van der Waals surface area contributed by atoms with Crippen LogP contribution in [0.25, 0.3) is 0 Å². The van der Waals surface area contributed by atoms with Crippen molar-refractivity contribution in [3.8, 4) is 5.75 Å². The molecule has 0 bridgehead atoms. The molecule has 88 valence electrons. The van der Waals surface area contributed by atoms with Crippen molar-refractivity contribution in [3.63, 3.8) is 0 Å². The van der Waals surface area contributed by atoms with Gasteiger partial charge in [0, 0.05) is 12.6 Å². The van der Waals surface area contributed by atoms with Gasteiger partial charge in [-0.3, -0.25) is 4.79 Å². The summed E-state index contributed by atoms with van der Waals surface area (Å²) in [4.78, 5) is 11.1. The average molecular weight is 248 g/mol. The second-order valence-corrected chi connectivity index (χ2v) is 3.35. The first-order valence-electron chi connectivity index (χ1n) is 4.59. The van der Waals surface area contributed by atoms with Crippen LogP contribution in [0.2, 0.25) is 5.02 Å². The zero-order valence-corrected chi connectivity index (χ0v) is 9.13. The fourth-order valence-electron chi connectivity index (χ4n) is 0.962. The zero-order chi connectivity index (χ0) is 12.0. The highest BCUT2D eigenvalue weighted by atomic mass is 35.5. The van der Waals surface area contributed by atoms with E-state index in [1.807, 2.05) is 0 Å². The SMILES string of the molecule is O=C(COc1ccc(F)c(Cl)c1)NCCO. The molecular formula is C10H11ClFNO3. The summed E-state index contributed by atoms with van der Waals surface area (Å²) in [6, 6.07) is 3.82. The molecular weight excluding hydrogens is 237 g/mol. The Hall–Kier alpha value is -1.33. The van der Waals surface area contributed by atoms with Crippen LogP contribution in [0, 0.1) is 5.82 Å². The van der Waals surface area contributed by atoms with Gasteiger partial charge in [-0.05, 0) is 12.1 Å². The molecule has 0 saturated heterocycles. The molecule has 0 aliphatic heterocycles. The van der Waals surface area contributed by atoms with E-state index in [4.69, 9.17) is 21.4 Å². The monoisotopic (exact) mass is 247 g/mol. The Morgan fingerprint density at radius 2 is 2.31 bits per heavy atom. The van der Waals surface area contributed by atoms with Gasteiger partial charge >= 0.3 is 0 Å². The molecule has 0 aromatic heterocycles. The van der Waals surface area contributed by atoms with Crippen molar-refractivity contribution in [3.05, 3.63) is 29.0 Å². The Labute approximate surface area is 97.0 Å². The molecule has 0 aliphatic carbocycles. The summed E-state index contributed by atoms with van der Waals surface area (Å²) in [6.45, 7) is -0.164. The van der Waals surface area contributed by atoms with Gasteiger partial charge in [-0.1, -0.05) is 11.6 Å². The molecule has 2 N–H and O–H groups in total. The summed E-state index contributed by atoms with van der Waals surface area (Å²) in [5.74, 6) is -0.598. The van der Waals surface area contributed by atoms with Crippen molar-refractivity contribution in [1.82, 2.24) is 5.32 Å². The van der Waals surface area contributed by atoms with Gasteiger partial charge < -0.3 is 15.2 Å². The van der Waals surface area contributed by atoms with Gasteiger partial charge in [0.1, 0.15) is 11.6 Å². The highest BCUT2D eigenvalue weighted by Crippen LogP contribution is 2.20. The quantitative estimate of drug-likeness (QED) is 0.815. The van der Waals surface area contributed by atoms with Gasteiger partial charge in [0.15, 0.2) is 6.61 Å². The summed E-state index contributed by atoms with van der Waals surface area (Å²) in [6.07, 6.45) is 0. The number of aliphatic hydroxyl groups is 1. The van der Waals surface area contributed by atoms with Crippen LogP contribution in [0.15, 0.2) is 18.2 Å². The first-order chi connectivity index (χ1) is 7.63. The number of rotatable bonds is 5. The lowest BCUT2D eigenvalue weighted by molar-refractivity contribution is -0.123. The lowest BCUT2D eigenvalue weighted by atomic mass is 10.3. The molecule has 1 aromatic carbocycles. The summed E-state index contributed by atoms with van der Waals surface area (Å²) < 4.78 is 17.8. The number of hydrogen-bond donors (Lipinski definition) is 2. The van der Waals surface area contributed by atoms with Crippen LogP contribution in [0.3, 0.4) is 0 Å². The number of ether oxygens (including phenoxy) is 1. The van der Waals surface area contributed by atoms with Crippen molar-refractivity contribution in [2.24, 2.45) is 0 Å². The summed E-state index contributed by atoms with van der Waals surface area (Å²) in [7, 11) is 0. The van der Waals surface area contributed by atoms with E-state index >= 15 is 0 Å². The molecule has 0 aliphatic rings. The van der Waals surface area contributed by atoms with E-state index in [1.165, 1.54) is 12.1 Å². The van der Waals surface area contributed by atoms with Crippen LogP contribution < -0.4 is 10.1 Å². The number of carbonyl (C=O) groups is 1. The van der Waals surface area contributed by atoms with E-state index < -0.39 is 5.82 Å². The Bertz CT molecular complexity index is 373. The van der Waals surface area contributed by atoms with Crippen LogP contribution >= 0.6 is 11.6 Å². The normalized spacial score (nSPS) is 9.94. The fraction of sp³-hybridized carbons (Fsp3) is 0.300. The second kappa shape index (κ2) is 6.30. The minimum absolute atomic E-state index is 0.0618. The molecule has 6 heteroatoms. The predicted molar refractivity (Wildman–Crippen MR) is 57.0 cm³/mol. The van der Waals surface area contributed by atoms with Crippen LogP contribution in [-0.4, -0.2) is 30.8 Å².